The molecule has 18 heavy (non-hydrogen) atoms. The third-order valence-electron chi connectivity index (χ3n) is 3.74. The molecule has 0 spiro atoms. The van der Waals surface area contributed by atoms with Crippen molar-refractivity contribution in [3.63, 3.8) is 0 Å². The Kier molecular flexibility index (Phi) is 2.62. The smallest absolute Gasteiger partial charge is 0.227 e. The molecule has 3 rings (SSSR count). The highest BCUT2D eigenvalue weighted by molar-refractivity contribution is 5.77. The van der Waals surface area contributed by atoms with E-state index in [1.165, 1.54) is 0 Å². The number of aryl methyl sites for hydroxylation is 2. The highest BCUT2D eigenvalue weighted by Crippen LogP contribution is 2.44. The van der Waals surface area contributed by atoms with Gasteiger partial charge >= 0.3 is 0 Å². The first-order chi connectivity index (χ1) is 8.57. The van der Waals surface area contributed by atoms with E-state index in [2.05, 4.69) is 10.1 Å². The normalized spacial score (nSPS) is 21.8. The Balaban J connectivity index is 1.45. The fourth-order valence-corrected chi connectivity index (χ4v) is 2.48. The van der Waals surface area contributed by atoms with E-state index in [1.807, 2.05) is 0 Å². The van der Waals surface area contributed by atoms with E-state index >= 15 is 0 Å². The van der Waals surface area contributed by atoms with E-state index in [-0.39, 0.29) is 5.91 Å². The van der Waals surface area contributed by atoms with E-state index in [4.69, 9.17) is 4.52 Å². The molecule has 6 nitrogen and oxygen atoms in total. The maximum atomic E-state index is 11.9. The standard InChI is InChI=1S/C12H17N3O3/c1-8-13-10(18-14-8)4-5-11(16)15-6-12(17,7-15)9-2-3-9/h9,17H,2-7H2,1H3. The van der Waals surface area contributed by atoms with Gasteiger partial charge in [-0.25, -0.2) is 0 Å². The molecule has 0 atom stereocenters. The Hall–Kier alpha value is -1.43. The van der Waals surface area contributed by atoms with Gasteiger partial charge < -0.3 is 14.5 Å². The van der Waals surface area contributed by atoms with Crippen LogP contribution in [0.1, 0.15) is 31.0 Å². The number of hydrogen-bond donors (Lipinski definition) is 1. The molecule has 1 saturated heterocycles. The topological polar surface area (TPSA) is 79.5 Å². The Labute approximate surface area is 105 Å². The Morgan fingerprint density at radius 1 is 1.56 bits per heavy atom. The average molecular weight is 251 g/mol. The SMILES string of the molecule is Cc1noc(CCC(=O)N2CC(O)(C3CC3)C2)n1. The average Bonchev–Trinajstić information content (AvgIpc) is 3.06. The van der Waals surface area contributed by atoms with Gasteiger partial charge in [0, 0.05) is 12.8 Å². The monoisotopic (exact) mass is 251 g/mol. The molecule has 0 bridgehead atoms. The van der Waals surface area contributed by atoms with E-state index < -0.39 is 5.60 Å². The van der Waals surface area contributed by atoms with Crippen LogP contribution < -0.4 is 0 Å². The van der Waals surface area contributed by atoms with E-state index in [0.29, 0.717) is 43.6 Å². The van der Waals surface area contributed by atoms with Gasteiger partial charge in [0.1, 0.15) is 5.60 Å². The summed E-state index contributed by atoms with van der Waals surface area (Å²) in [6, 6.07) is 0. The summed E-state index contributed by atoms with van der Waals surface area (Å²) >= 11 is 0. The second kappa shape index (κ2) is 4.05. The number of aliphatic hydroxyl groups is 1. The number of rotatable bonds is 4. The van der Waals surface area contributed by atoms with Gasteiger partial charge in [-0.05, 0) is 25.7 Å². The van der Waals surface area contributed by atoms with Gasteiger partial charge in [0.05, 0.1) is 13.1 Å². The zero-order valence-electron chi connectivity index (χ0n) is 10.4. The fourth-order valence-electron chi connectivity index (χ4n) is 2.48. The van der Waals surface area contributed by atoms with Gasteiger partial charge in [-0.15, -0.1) is 0 Å². The summed E-state index contributed by atoms with van der Waals surface area (Å²) in [5.74, 6) is 1.56. The van der Waals surface area contributed by atoms with Crippen molar-refractivity contribution in [2.24, 2.45) is 5.92 Å². The predicted octanol–water partition coefficient (Wildman–Crippen LogP) is 0.294. The lowest BCUT2D eigenvalue weighted by molar-refractivity contribution is -0.159. The summed E-state index contributed by atoms with van der Waals surface area (Å²) in [7, 11) is 0. The highest BCUT2D eigenvalue weighted by Gasteiger charge is 2.52. The zero-order valence-corrected chi connectivity index (χ0v) is 10.4. The largest absolute Gasteiger partial charge is 0.386 e. The maximum Gasteiger partial charge on any atom is 0.227 e. The summed E-state index contributed by atoms with van der Waals surface area (Å²) < 4.78 is 4.95. The maximum absolute atomic E-state index is 11.9. The van der Waals surface area contributed by atoms with Crippen molar-refractivity contribution in [1.29, 1.82) is 0 Å². The lowest BCUT2D eigenvalue weighted by Gasteiger charge is -2.47. The summed E-state index contributed by atoms with van der Waals surface area (Å²) in [5.41, 5.74) is -0.600. The third kappa shape index (κ3) is 2.12. The van der Waals surface area contributed by atoms with Crippen molar-refractivity contribution in [3.8, 4) is 0 Å². The number of β-amino-alcohol motifs (C(OH)–C–C–N with tert-alkyl or cyclic N) is 1. The molecule has 1 N–H and O–H groups in total. The third-order valence-corrected chi connectivity index (χ3v) is 3.74. The van der Waals surface area contributed by atoms with Crippen LogP contribution in [0.15, 0.2) is 4.52 Å². The Morgan fingerprint density at radius 3 is 2.83 bits per heavy atom. The molecule has 2 heterocycles. The number of likely N-dealkylation sites (tertiary alicyclic amines) is 1. The fraction of sp³-hybridized carbons (Fsp3) is 0.750. The second-order valence-electron chi connectivity index (χ2n) is 5.36. The molecular weight excluding hydrogens is 234 g/mol. The molecule has 2 fully saturated rings. The molecular formula is C12H17N3O3. The molecule has 0 aromatic carbocycles. The van der Waals surface area contributed by atoms with E-state index in [9.17, 15) is 9.90 Å². The number of carbonyl (C=O) groups excluding carboxylic acids is 1. The predicted molar refractivity (Wildman–Crippen MR) is 61.6 cm³/mol. The van der Waals surface area contributed by atoms with Crippen LogP contribution in [0.25, 0.3) is 0 Å². The Morgan fingerprint density at radius 2 is 2.28 bits per heavy atom. The lowest BCUT2D eigenvalue weighted by Crippen LogP contribution is -2.64. The minimum absolute atomic E-state index is 0.0520. The number of carbonyl (C=O) groups is 1. The van der Waals surface area contributed by atoms with Gasteiger partial charge in [0.25, 0.3) is 0 Å². The van der Waals surface area contributed by atoms with Gasteiger partial charge in [-0.1, -0.05) is 5.16 Å². The first-order valence-electron chi connectivity index (χ1n) is 6.36. The molecule has 2 aliphatic rings. The van der Waals surface area contributed by atoms with E-state index in [1.54, 1.807) is 11.8 Å². The minimum Gasteiger partial charge on any atom is -0.386 e. The summed E-state index contributed by atoms with van der Waals surface area (Å²) in [6.45, 7) is 2.72. The van der Waals surface area contributed by atoms with Gasteiger partial charge in [-0.3, -0.25) is 4.79 Å². The van der Waals surface area contributed by atoms with Crippen LogP contribution in [0.4, 0.5) is 0 Å². The molecule has 1 aromatic rings. The Bertz CT molecular complexity index is 461. The van der Waals surface area contributed by atoms with Gasteiger partial charge in [0.2, 0.25) is 11.8 Å². The molecule has 1 aromatic heterocycles. The van der Waals surface area contributed by atoms with E-state index in [0.717, 1.165) is 12.8 Å². The minimum atomic E-state index is -0.600. The quantitative estimate of drug-likeness (QED) is 0.832. The van der Waals surface area contributed by atoms with Crippen molar-refractivity contribution >= 4 is 5.91 Å². The summed E-state index contributed by atoms with van der Waals surface area (Å²) in [6.07, 6.45) is 3.03. The van der Waals surface area contributed by atoms with Crippen LogP contribution in [0.3, 0.4) is 0 Å². The van der Waals surface area contributed by atoms with Crippen molar-refractivity contribution < 1.29 is 14.4 Å². The molecule has 1 saturated carbocycles. The number of aromatic nitrogens is 2. The molecule has 0 radical (unpaired) electrons. The van der Waals surface area contributed by atoms with Crippen LogP contribution in [0, 0.1) is 12.8 Å². The van der Waals surface area contributed by atoms with Crippen LogP contribution in [0.2, 0.25) is 0 Å². The van der Waals surface area contributed by atoms with Crippen molar-refractivity contribution in [2.75, 3.05) is 13.1 Å². The highest BCUT2D eigenvalue weighted by atomic mass is 16.5. The number of hydrogen-bond acceptors (Lipinski definition) is 5. The first kappa shape index (κ1) is 11.6. The van der Waals surface area contributed by atoms with Crippen molar-refractivity contribution in [1.82, 2.24) is 15.0 Å². The van der Waals surface area contributed by atoms with Crippen LogP contribution in [-0.4, -0.2) is 44.7 Å². The van der Waals surface area contributed by atoms with Gasteiger partial charge in [0.15, 0.2) is 5.82 Å². The first-order valence-corrected chi connectivity index (χ1v) is 6.36. The lowest BCUT2D eigenvalue weighted by atomic mass is 9.88. The van der Waals surface area contributed by atoms with Crippen molar-refractivity contribution in [2.45, 2.75) is 38.2 Å². The summed E-state index contributed by atoms with van der Waals surface area (Å²) in [4.78, 5) is 17.6. The molecule has 1 amide bonds. The number of amides is 1. The van der Waals surface area contributed by atoms with Crippen LogP contribution in [-0.2, 0) is 11.2 Å². The van der Waals surface area contributed by atoms with Crippen LogP contribution >= 0.6 is 0 Å². The molecule has 0 unspecified atom stereocenters. The molecule has 98 valence electrons. The van der Waals surface area contributed by atoms with Gasteiger partial charge in [-0.2, -0.15) is 4.98 Å². The molecule has 6 heteroatoms. The van der Waals surface area contributed by atoms with Crippen molar-refractivity contribution in [3.05, 3.63) is 11.7 Å². The number of nitrogens with zero attached hydrogens (tertiary/aromatic N) is 3. The zero-order chi connectivity index (χ0) is 12.8. The molecule has 1 aliphatic heterocycles. The van der Waals surface area contributed by atoms with Crippen LogP contribution in [0.5, 0.6) is 0 Å². The second-order valence-corrected chi connectivity index (χ2v) is 5.36. The molecule has 1 aliphatic carbocycles. The summed E-state index contributed by atoms with van der Waals surface area (Å²) in [5, 5.41) is 13.8.